The zero-order valence-corrected chi connectivity index (χ0v) is 20.2. The molecule has 178 valence electrons. The lowest BCUT2D eigenvalue weighted by Gasteiger charge is -2.28. The SMILES string of the molecule is COc1ccc(S(=O)(=O)N(Cc2ccccc2)c2ccccc2C(=O)N2CCCCCC2)cc1. The highest BCUT2D eigenvalue weighted by atomic mass is 32.2. The summed E-state index contributed by atoms with van der Waals surface area (Å²) in [7, 11) is -2.43. The number of carbonyl (C=O) groups excluding carboxylic acids is 1. The molecule has 0 atom stereocenters. The molecule has 0 aliphatic carbocycles. The number of ether oxygens (including phenoxy) is 1. The summed E-state index contributed by atoms with van der Waals surface area (Å²) in [6.07, 6.45) is 4.15. The molecule has 7 heteroatoms. The van der Waals surface area contributed by atoms with Crippen molar-refractivity contribution in [1.82, 2.24) is 4.90 Å². The lowest BCUT2D eigenvalue weighted by atomic mass is 10.1. The summed E-state index contributed by atoms with van der Waals surface area (Å²) in [5.74, 6) is 0.450. The number of rotatable bonds is 7. The molecule has 1 heterocycles. The third-order valence-corrected chi connectivity index (χ3v) is 7.89. The van der Waals surface area contributed by atoms with Crippen molar-refractivity contribution in [2.75, 3.05) is 24.5 Å². The van der Waals surface area contributed by atoms with Crippen LogP contribution in [0.4, 0.5) is 5.69 Å². The van der Waals surface area contributed by atoms with E-state index in [-0.39, 0.29) is 17.3 Å². The minimum absolute atomic E-state index is 0.111. The maximum Gasteiger partial charge on any atom is 0.264 e. The number of methoxy groups -OCH3 is 1. The Bertz CT molecular complexity index is 1200. The monoisotopic (exact) mass is 478 g/mol. The van der Waals surface area contributed by atoms with Crippen LogP contribution in [0.5, 0.6) is 5.75 Å². The van der Waals surface area contributed by atoms with Crippen LogP contribution < -0.4 is 9.04 Å². The number of likely N-dealkylation sites (tertiary alicyclic amines) is 1. The molecule has 1 aliphatic rings. The summed E-state index contributed by atoms with van der Waals surface area (Å²) < 4.78 is 34.3. The van der Waals surface area contributed by atoms with Crippen molar-refractivity contribution in [3.8, 4) is 5.75 Å². The van der Waals surface area contributed by atoms with E-state index in [1.54, 1.807) is 36.4 Å². The molecule has 0 aromatic heterocycles. The fraction of sp³-hybridized carbons (Fsp3) is 0.296. The molecule has 34 heavy (non-hydrogen) atoms. The molecule has 1 amide bonds. The second-order valence-corrected chi connectivity index (χ2v) is 10.3. The first-order chi connectivity index (χ1) is 16.5. The number of nitrogens with zero attached hydrogens (tertiary/aromatic N) is 2. The molecule has 1 saturated heterocycles. The van der Waals surface area contributed by atoms with Crippen LogP contribution in [0.15, 0.2) is 83.8 Å². The van der Waals surface area contributed by atoms with Gasteiger partial charge in [0.25, 0.3) is 15.9 Å². The quantitative estimate of drug-likeness (QED) is 0.473. The number of carbonyl (C=O) groups is 1. The largest absolute Gasteiger partial charge is 0.497 e. The van der Waals surface area contributed by atoms with Crippen LogP contribution in [0, 0.1) is 0 Å². The number of sulfonamides is 1. The van der Waals surface area contributed by atoms with Crippen molar-refractivity contribution >= 4 is 21.6 Å². The van der Waals surface area contributed by atoms with E-state index in [0.29, 0.717) is 30.1 Å². The number of para-hydroxylation sites is 1. The van der Waals surface area contributed by atoms with E-state index >= 15 is 0 Å². The highest BCUT2D eigenvalue weighted by Crippen LogP contribution is 2.31. The van der Waals surface area contributed by atoms with E-state index < -0.39 is 10.0 Å². The van der Waals surface area contributed by atoms with Gasteiger partial charge in [-0.25, -0.2) is 8.42 Å². The Morgan fingerprint density at radius 2 is 1.47 bits per heavy atom. The van der Waals surface area contributed by atoms with E-state index in [9.17, 15) is 13.2 Å². The molecule has 0 unspecified atom stereocenters. The highest BCUT2D eigenvalue weighted by molar-refractivity contribution is 7.92. The predicted molar refractivity (Wildman–Crippen MR) is 134 cm³/mol. The standard InChI is InChI=1S/C27H30N2O4S/c1-33-23-15-17-24(18-16-23)34(31,32)29(21-22-11-5-4-6-12-22)26-14-8-7-13-25(26)27(30)28-19-9-2-3-10-20-28/h4-8,11-18H,2-3,9-10,19-21H2,1H3. The second-order valence-electron chi connectivity index (χ2n) is 8.40. The smallest absolute Gasteiger partial charge is 0.264 e. The fourth-order valence-electron chi connectivity index (χ4n) is 4.24. The zero-order chi connectivity index (χ0) is 24.0. The van der Waals surface area contributed by atoms with Gasteiger partial charge in [-0.05, 0) is 54.8 Å². The van der Waals surface area contributed by atoms with Gasteiger partial charge in [0, 0.05) is 13.1 Å². The number of benzene rings is 3. The normalized spacial score (nSPS) is 14.3. The van der Waals surface area contributed by atoms with Gasteiger partial charge in [0.1, 0.15) is 5.75 Å². The van der Waals surface area contributed by atoms with Gasteiger partial charge in [-0.3, -0.25) is 9.10 Å². The molecule has 6 nitrogen and oxygen atoms in total. The molecule has 1 aliphatic heterocycles. The third-order valence-electron chi connectivity index (χ3n) is 6.11. The van der Waals surface area contributed by atoms with Crippen LogP contribution in [0.1, 0.15) is 41.6 Å². The van der Waals surface area contributed by atoms with Crippen LogP contribution in [0.25, 0.3) is 0 Å². The van der Waals surface area contributed by atoms with Crippen molar-refractivity contribution < 1.29 is 17.9 Å². The Morgan fingerprint density at radius 1 is 0.853 bits per heavy atom. The summed E-state index contributed by atoms with van der Waals surface area (Å²) in [5, 5.41) is 0. The minimum atomic E-state index is -3.96. The van der Waals surface area contributed by atoms with Crippen molar-refractivity contribution in [2.24, 2.45) is 0 Å². The molecule has 0 N–H and O–H groups in total. The molecule has 0 radical (unpaired) electrons. The van der Waals surface area contributed by atoms with E-state index in [1.165, 1.54) is 23.5 Å². The Balaban J connectivity index is 1.78. The molecule has 1 fully saturated rings. The van der Waals surface area contributed by atoms with E-state index in [0.717, 1.165) is 31.2 Å². The summed E-state index contributed by atoms with van der Waals surface area (Å²) in [4.78, 5) is 15.6. The van der Waals surface area contributed by atoms with E-state index in [2.05, 4.69) is 0 Å². The van der Waals surface area contributed by atoms with Gasteiger partial charge >= 0.3 is 0 Å². The lowest BCUT2D eigenvalue weighted by molar-refractivity contribution is 0.0762. The van der Waals surface area contributed by atoms with E-state index in [1.807, 2.05) is 35.2 Å². The maximum absolute atomic E-state index is 13.9. The highest BCUT2D eigenvalue weighted by Gasteiger charge is 2.30. The molecular formula is C27H30N2O4S. The predicted octanol–water partition coefficient (Wildman–Crippen LogP) is 5.11. The summed E-state index contributed by atoms with van der Waals surface area (Å²) in [6.45, 7) is 1.49. The van der Waals surface area contributed by atoms with Gasteiger partial charge in [0.15, 0.2) is 0 Å². The topological polar surface area (TPSA) is 66.9 Å². The van der Waals surface area contributed by atoms with Crippen LogP contribution >= 0.6 is 0 Å². The lowest BCUT2D eigenvalue weighted by Crippen LogP contribution is -2.36. The summed E-state index contributed by atoms with van der Waals surface area (Å²) >= 11 is 0. The molecule has 3 aromatic carbocycles. The Hall–Kier alpha value is -3.32. The van der Waals surface area contributed by atoms with Crippen molar-refractivity contribution in [2.45, 2.75) is 37.1 Å². The first kappa shape index (κ1) is 23.8. The Labute approximate surface area is 201 Å². The van der Waals surface area contributed by atoms with Gasteiger partial charge < -0.3 is 9.64 Å². The van der Waals surface area contributed by atoms with Gasteiger partial charge in [-0.2, -0.15) is 0 Å². The van der Waals surface area contributed by atoms with Crippen molar-refractivity contribution in [3.63, 3.8) is 0 Å². The number of hydrogen-bond donors (Lipinski definition) is 0. The molecule has 0 spiro atoms. The molecule has 4 rings (SSSR count). The van der Waals surface area contributed by atoms with Crippen LogP contribution in [0.2, 0.25) is 0 Å². The minimum Gasteiger partial charge on any atom is -0.497 e. The summed E-state index contributed by atoms with van der Waals surface area (Å²) in [5.41, 5.74) is 1.62. The number of anilines is 1. The first-order valence-corrected chi connectivity index (χ1v) is 13.0. The third kappa shape index (κ3) is 5.25. The Morgan fingerprint density at radius 3 is 2.12 bits per heavy atom. The van der Waals surface area contributed by atoms with Crippen LogP contribution in [0.3, 0.4) is 0 Å². The molecule has 3 aromatic rings. The van der Waals surface area contributed by atoms with Gasteiger partial charge in [-0.15, -0.1) is 0 Å². The van der Waals surface area contributed by atoms with Crippen molar-refractivity contribution in [1.29, 1.82) is 0 Å². The van der Waals surface area contributed by atoms with E-state index in [4.69, 9.17) is 4.74 Å². The van der Waals surface area contributed by atoms with Gasteiger partial charge in [0.2, 0.25) is 0 Å². The first-order valence-electron chi connectivity index (χ1n) is 11.6. The number of amides is 1. The fourth-order valence-corrected chi connectivity index (χ4v) is 5.71. The zero-order valence-electron chi connectivity index (χ0n) is 19.4. The average Bonchev–Trinajstić information content (AvgIpc) is 3.17. The second kappa shape index (κ2) is 10.7. The average molecular weight is 479 g/mol. The maximum atomic E-state index is 13.9. The van der Waals surface area contributed by atoms with Gasteiger partial charge in [-0.1, -0.05) is 55.3 Å². The van der Waals surface area contributed by atoms with Crippen molar-refractivity contribution in [3.05, 3.63) is 90.0 Å². The summed E-state index contributed by atoms with van der Waals surface area (Å²) in [6, 6.07) is 22.7. The molecule has 0 bridgehead atoms. The Kier molecular flexibility index (Phi) is 7.53. The van der Waals surface area contributed by atoms with Crippen LogP contribution in [-0.2, 0) is 16.6 Å². The molecular weight excluding hydrogens is 448 g/mol. The van der Waals surface area contributed by atoms with Gasteiger partial charge in [0.05, 0.1) is 29.8 Å². The number of hydrogen-bond acceptors (Lipinski definition) is 4. The van der Waals surface area contributed by atoms with Crippen LogP contribution in [-0.4, -0.2) is 39.4 Å². The molecule has 0 saturated carbocycles.